The Balaban J connectivity index is 3.32. The Labute approximate surface area is 94.1 Å². The number of carbonyl (C=O) groups is 1. The first-order valence-electron chi connectivity index (χ1n) is 5.01. The van der Waals surface area contributed by atoms with Crippen molar-refractivity contribution in [1.29, 1.82) is 0 Å². The standard InChI is InChI=1S/C12H16FNO2/c1-12(2,3)10(11(15)16)8-6-7(13)4-5-9(8)14/h4-6,10H,14H2,1-3H3,(H,15,16). The molecule has 0 aliphatic heterocycles. The van der Waals surface area contributed by atoms with Gasteiger partial charge < -0.3 is 10.8 Å². The normalized spacial score (nSPS) is 13.5. The highest BCUT2D eigenvalue weighted by molar-refractivity contribution is 5.79. The first-order valence-corrected chi connectivity index (χ1v) is 5.01. The Hall–Kier alpha value is -1.58. The topological polar surface area (TPSA) is 63.3 Å². The van der Waals surface area contributed by atoms with Gasteiger partial charge in [-0.25, -0.2) is 4.39 Å². The maximum atomic E-state index is 13.1. The van der Waals surface area contributed by atoms with Crippen LogP contribution >= 0.6 is 0 Å². The third-order valence-corrected chi connectivity index (χ3v) is 2.47. The fourth-order valence-corrected chi connectivity index (χ4v) is 1.77. The predicted octanol–water partition coefficient (Wildman–Crippen LogP) is 2.62. The van der Waals surface area contributed by atoms with Crippen LogP contribution in [0.1, 0.15) is 32.3 Å². The molecule has 0 amide bonds. The van der Waals surface area contributed by atoms with Crippen LogP contribution in [0, 0.1) is 11.2 Å². The van der Waals surface area contributed by atoms with Gasteiger partial charge in [-0.15, -0.1) is 0 Å². The average Bonchev–Trinajstić information content (AvgIpc) is 2.08. The van der Waals surface area contributed by atoms with Crippen molar-refractivity contribution in [3.63, 3.8) is 0 Å². The van der Waals surface area contributed by atoms with E-state index in [1.807, 2.05) is 0 Å². The number of rotatable bonds is 2. The Morgan fingerprint density at radius 2 is 2.00 bits per heavy atom. The molecule has 0 aliphatic rings. The fraction of sp³-hybridized carbons (Fsp3) is 0.417. The SMILES string of the molecule is CC(C)(C)C(C(=O)O)c1cc(F)ccc1N. The molecule has 0 radical (unpaired) electrons. The van der Waals surface area contributed by atoms with E-state index in [4.69, 9.17) is 5.73 Å². The van der Waals surface area contributed by atoms with E-state index in [9.17, 15) is 14.3 Å². The second-order valence-corrected chi connectivity index (χ2v) is 4.91. The third-order valence-electron chi connectivity index (χ3n) is 2.47. The Morgan fingerprint density at radius 3 is 2.44 bits per heavy atom. The molecule has 16 heavy (non-hydrogen) atoms. The predicted molar refractivity (Wildman–Crippen MR) is 60.6 cm³/mol. The molecule has 0 saturated carbocycles. The summed E-state index contributed by atoms with van der Waals surface area (Å²) in [6.45, 7) is 5.36. The van der Waals surface area contributed by atoms with Crippen LogP contribution in [0.5, 0.6) is 0 Å². The second-order valence-electron chi connectivity index (χ2n) is 4.91. The molecule has 3 nitrogen and oxygen atoms in total. The maximum absolute atomic E-state index is 13.1. The van der Waals surface area contributed by atoms with Crippen LogP contribution in [0.3, 0.4) is 0 Å². The molecule has 0 saturated heterocycles. The number of nitrogen functional groups attached to an aromatic ring is 1. The van der Waals surface area contributed by atoms with Gasteiger partial charge in [0.2, 0.25) is 0 Å². The number of carboxylic acid groups (broad SMARTS) is 1. The quantitative estimate of drug-likeness (QED) is 0.760. The van der Waals surface area contributed by atoms with Gasteiger partial charge >= 0.3 is 5.97 Å². The number of nitrogens with two attached hydrogens (primary N) is 1. The van der Waals surface area contributed by atoms with Gasteiger partial charge in [0.1, 0.15) is 5.82 Å². The van der Waals surface area contributed by atoms with E-state index < -0.39 is 23.1 Å². The number of anilines is 1. The van der Waals surface area contributed by atoms with E-state index in [0.717, 1.165) is 0 Å². The Bertz CT molecular complexity index is 410. The molecule has 0 fully saturated rings. The minimum absolute atomic E-state index is 0.309. The first-order chi connectivity index (χ1) is 7.23. The van der Waals surface area contributed by atoms with E-state index in [2.05, 4.69) is 0 Å². The molecular formula is C12H16FNO2. The van der Waals surface area contributed by atoms with Crippen LogP contribution in [-0.4, -0.2) is 11.1 Å². The lowest BCUT2D eigenvalue weighted by Gasteiger charge is -2.28. The largest absolute Gasteiger partial charge is 0.481 e. The van der Waals surface area contributed by atoms with E-state index in [1.165, 1.54) is 18.2 Å². The molecule has 1 aromatic carbocycles. The molecule has 1 rings (SSSR count). The lowest BCUT2D eigenvalue weighted by Crippen LogP contribution is -2.27. The van der Waals surface area contributed by atoms with Crippen LogP contribution in [0.15, 0.2) is 18.2 Å². The number of benzene rings is 1. The molecule has 0 bridgehead atoms. The summed E-state index contributed by atoms with van der Waals surface area (Å²) in [6.07, 6.45) is 0. The zero-order valence-corrected chi connectivity index (χ0v) is 9.62. The zero-order chi connectivity index (χ0) is 12.5. The molecule has 0 aliphatic carbocycles. The fourth-order valence-electron chi connectivity index (χ4n) is 1.77. The molecule has 0 heterocycles. The average molecular weight is 225 g/mol. The summed E-state index contributed by atoms with van der Waals surface area (Å²) in [5.41, 5.74) is 5.82. The molecule has 1 atom stereocenters. The lowest BCUT2D eigenvalue weighted by atomic mass is 9.76. The van der Waals surface area contributed by atoms with E-state index in [1.54, 1.807) is 20.8 Å². The van der Waals surface area contributed by atoms with Crippen molar-refractivity contribution in [1.82, 2.24) is 0 Å². The number of carboxylic acids is 1. The molecule has 1 unspecified atom stereocenters. The first kappa shape index (κ1) is 12.5. The van der Waals surface area contributed by atoms with Gasteiger partial charge in [-0.1, -0.05) is 20.8 Å². The summed E-state index contributed by atoms with van der Waals surface area (Å²) < 4.78 is 13.1. The molecule has 4 heteroatoms. The highest BCUT2D eigenvalue weighted by Gasteiger charge is 2.34. The van der Waals surface area contributed by atoms with Crippen LogP contribution in [-0.2, 0) is 4.79 Å². The van der Waals surface area contributed by atoms with Crippen LogP contribution in [0.4, 0.5) is 10.1 Å². The van der Waals surface area contributed by atoms with Gasteiger partial charge in [0, 0.05) is 5.69 Å². The van der Waals surface area contributed by atoms with Crippen LogP contribution < -0.4 is 5.73 Å². The monoisotopic (exact) mass is 225 g/mol. The van der Waals surface area contributed by atoms with Crippen molar-refractivity contribution in [2.45, 2.75) is 26.7 Å². The van der Waals surface area contributed by atoms with Crippen LogP contribution in [0.2, 0.25) is 0 Å². The second kappa shape index (κ2) is 4.12. The number of aliphatic carboxylic acids is 1. The van der Waals surface area contributed by atoms with Gasteiger partial charge in [-0.3, -0.25) is 4.79 Å². The highest BCUT2D eigenvalue weighted by atomic mass is 19.1. The summed E-state index contributed by atoms with van der Waals surface area (Å²) in [5.74, 6) is -2.28. The molecule has 88 valence electrons. The highest BCUT2D eigenvalue weighted by Crippen LogP contribution is 2.38. The minimum Gasteiger partial charge on any atom is -0.481 e. The summed E-state index contributed by atoms with van der Waals surface area (Å²) in [7, 11) is 0. The van der Waals surface area contributed by atoms with Crippen molar-refractivity contribution in [2.24, 2.45) is 5.41 Å². The number of hydrogen-bond acceptors (Lipinski definition) is 2. The maximum Gasteiger partial charge on any atom is 0.311 e. The van der Waals surface area contributed by atoms with Crippen molar-refractivity contribution >= 4 is 11.7 Å². The van der Waals surface area contributed by atoms with E-state index >= 15 is 0 Å². The summed E-state index contributed by atoms with van der Waals surface area (Å²) in [4.78, 5) is 11.2. The van der Waals surface area contributed by atoms with E-state index in [-0.39, 0.29) is 0 Å². The van der Waals surface area contributed by atoms with Gasteiger partial charge in [-0.05, 0) is 29.2 Å². The Kier molecular flexibility index (Phi) is 3.21. The van der Waals surface area contributed by atoms with E-state index in [0.29, 0.717) is 11.3 Å². The summed E-state index contributed by atoms with van der Waals surface area (Å²) in [5, 5.41) is 9.20. The van der Waals surface area contributed by atoms with Crippen LogP contribution in [0.25, 0.3) is 0 Å². The third kappa shape index (κ3) is 2.51. The smallest absolute Gasteiger partial charge is 0.311 e. The molecule has 3 N–H and O–H groups in total. The minimum atomic E-state index is -0.996. The molecule has 1 aromatic rings. The lowest BCUT2D eigenvalue weighted by molar-refractivity contribution is -0.141. The van der Waals surface area contributed by atoms with Crippen molar-refractivity contribution in [2.75, 3.05) is 5.73 Å². The number of hydrogen-bond donors (Lipinski definition) is 2. The zero-order valence-electron chi connectivity index (χ0n) is 9.62. The number of halogens is 1. The molecule has 0 aromatic heterocycles. The van der Waals surface area contributed by atoms with Crippen molar-refractivity contribution < 1.29 is 14.3 Å². The summed E-state index contributed by atoms with van der Waals surface area (Å²) >= 11 is 0. The summed E-state index contributed by atoms with van der Waals surface area (Å²) in [6, 6.07) is 3.81. The molecular weight excluding hydrogens is 209 g/mol. The van der Waals surface area contributed by atoms with Crippen molar-refractivity contribution in [3.8, 4) is 0 Å². The van der Waals surface area contributed by atoms with Gasteiger partial charge in [0.05, 0.1) is 5.92 Å². The molecule has 0 spiro atoms. The van der Waals surface area contributed by atoms with Gasteiger partial charge in [0.15, 0.2) is 0 Å². The Morgan fingerprint density at radius 1 is 1.44 bits per heavy atom. The van der Waals surface area contributed by atoms with Gasteiger partial charge in [0.25, 0.3) is 0 Å². The van der Waals surface area contributed by atoms with Crippen molar-refractivity contribution in [3.05, 3.63) is 29.6 Å². The van der Waals surface area contributed by atoms with Gasteiger partial charge in [-0.2, -0.15) is 0 Å².